The zero-order valence-corrected chi connectivity index (χ0v) is 15.8. The molecule has 2 heterocycles. The van der Waals surface area contributed by atoms with Crippen molar-refractivity contribution in [2.75, 3.05) is 24.5 Å². The van der Waals surface area contributed by atoms with Crippen LogP contribution in [0.1, 0.15) is 58.4 Å². The van der Waals surface area contributed by atoms with Gasteiger partial charge in [-0.25, -0.2) is 0 Å². The van der Waals surface area contributed by atoms with Crippen LogP contribution in [-0.4, -0.2) is 36.3 Å². The van der Waals surface area contributed by atoms with Gasteiger partial charge >= 0.3 is 0 Å². The minimum absolute atomic E-state index is 0.0379. The predicted octanol–water partition coefficient (Wildman–Crippen LogP) is 3.74. The van der Waals surface area contributed by atoms with E-state index in [1.54, 1.807) is 0 Å². The molecule has 0 spiro atoms. The predicted molar refractivity (Wildman–Crippen MR) is 101 cm³/mol. The maximum absolute atomic E-state index is 12.9. The second-order valence-electron chi connectivity index (χ2n) is 8.41. The number of nitrogens with zero attached hydrogens (tertiary/aromatic N) is 2. The van der Waals surface area contributed by atoms with Crippen LogP contribution in [0.15, 0.2) is 24.3 Å². The van der Waals surface area contributed by atoms with Gasteiger partial charge in [0.05, 0.1) is 5.92 Å². The molecule has 136 valence electrons. The number of benzene rings is 1. The Bertz CT molecular complexity index is 640. The Morgan fingerprint density at radius 3 is 2.32 bits per heavy atom. The summed E-state index contributed by atoms with van der Waals surface area (Å²) >= 11 is 0. The molecule has 1 aromatic carbocycles. The first-order valence-corrected chi connectivity index (χ1v) is 9.56. The quantitative estimate of drug-likeness (QED) is 0.821. The zero-order chi connectivity index (χ0) is 18.0. The van der Waals surface area contributed by atoms with E-state index in [1.165, 1.54) is 12.8 Å². The summed E-state index contributed by atoms with van der Waals surface area (Å²) in [6.45, 7) is 8.69. The number of anilines is 1. The highest BCUT2D eigenvalue weighted by Crippen LogP contribution is 2.35. The van der Waals surface area contributed by atoms with Crippen LogP contribution < -0.4 is 4.90 Å². The van der Waals surface area contributed by atoms with Gasteiger partial charge in [-0.05, 0) is 29.9 Å². The van der Waals surface area contributed by atoms with Crippen LogP contribution in [0.5, 0.6) is 0 Å². The summed E-state index contributed by atoms with van der Waals surface area (Å²) in [6, 6.07) is 8.09. The molecule has 1 unspecified atom stereocenters. The van der Waals surface area contributed by atoms with Crippen molar-refractivity contribution in [2.24, 2.45) is 5.92 Å². The van der Waals surface area contributed by atoms with Gasteiger partial charge < -0.3 is 9.80 Å². The molecule has 1 aromatic rings. The fraction of sp³-hybridized carbons (Fsp3) is 0.619. The molecule has 0 radical (unpaired) electrons. The van der Waals surface area contributed by atoms with E-state index < -0.39 is 0 Å². The molecule has 2 fully saturated rings. The smallest absolute Gasteiger partial charge is 0.228 e. The lowest BCUT2D eigenvalue weighted by Crippen LogP contribution is -2.38. The first kappa shape index (κ1) is 18.0. The molecular weight excluding hydrogens is 312 g/mol. The van der Waals surface area contributed by atoms with Crippen molar-refractivity contribution in [3.05, 3.63) is 29.8 Å². The Labute approximate surface area is 151 Å². The summed E-state index contributed by atoms with van der Waals surface area (Å²) in [7, 11) is 0. The molecule has 0 N–H and O–H groups in total. The maximum atomic E-state index is 12.9. The standard InChI is InChI=1S/C21H30N2O2/c1-21(2,3)17-10-6-7-11-18(17)23-15-16(14-19(23)24)20(25)22-12-8-4-5-9-13-22/h6-7,10-11,16H,4-5,8-9,12-15H2,1-3H3. The van der Waals surface area contributed by atoms with Crippen LogP contribution in [0.4, 0.5) is 5.69 Å². The van der Waals surface area contributed by atoms with Crippen LogP contribution in [0, 0.1) is 5.92 Å². The molecule has 0 saturated carbocycles. The highest BCUT2D eigenvalue weighted by Gasteiger charge is 2.38. The molecule has 25 heavy (non-hydrogen) atoms. The highest BCUT2D eigenvalue weighted by atomic mass is 16.2. The van der Waals surface area contributed by atoms with Gasteiger partial charge in [-0.2, -0.15) is 0 Å². The van der Waals surface area contributed by atoms with E-state index in [4.69, 9.17) is 0 Å². The Hall–Kier alpha value is -1.84. The van der Waals surface area contributed by atoms with Crippen molar-refractivity contribution >= 4 is 17.5 Å². The van der Waals surface area contributed by atoms with Crippen LogP contribution >= 0.6 is 0 Å². The monoisotopic (exact) mass is 342 g/mol. The summed E-state index contributed by atoms with van der Waals surface area (Å²) in [5, 5.41) is 0. The summed E-state index contributed by atoms with van der Waals surface area (Å²) in [5.74, 6) is 0.0505. The van der Waals surface area contributed by atoms with Crippen LogP contribution in [0.2, 0.25) is 0 Å². The summed E-state index contributed by atoms with van der Waals surface area (Å²) in [4.78, 5) is 29.4. The lowest BCUT2D eigenvalue weighted by atomic mass is 9.85. The van der Waals surface area contributed by atoms with E-state index in [9.17, 15) is 9.59 Å². The third-order valence-corrected chi connectivity index (χ3v) is 5.39. The third-order valence-electron chi connectivity index (χ3n) is 5.39. The molecule has 4 nitrogen and oxygen atoms in total. The number of likely N-dealkylation sites (tertiary alicyclic amines) is 1. The molecule has 0 aromatic heterocycles. The SMILES string of the molecule is CC(C)(C)c1ccccc1N1CC(C(=O)N2CCCCCC2)CC1=O. The largest absolute Gasteiger partial charge is 0.342 e. The minimum atomic E-state index is -0.196. The van der Waals surface area contributed by atoms with Gasteiger partial charge in [-0.1, -0.05) is 51.8 Å². The van der Waals surface area contributed by atoms with E-state index in [0.717, 1.165) is 37.2 Å². The van der Waals surface area contributed by atoms with Crippen molar-refractivity contribution in [3.63, 3.8) is 0 Å². The van der Waals surface area contributed by atoms with Crippen molar-refractivity contribution in [2.45, 2.75) is 58.3 Å². The number of carbonyl (C=O) groups excluding carboxylic acids is 2. The molecule has 0 bridgehead atoms. The Kier molecular flexibility index (Phi) is 5.16. The Balaban J connectivity index is 1.78. The fourth-order valence-corrected chi connectivity index (χ4v) is 4.00. The van der Waals surface area contributed by atoms with E-state index in [2.05, 4.69) is 26.8 Å². The lowest BCUT2D eigenvalue weighted by Gasteiger charge is -2.28. The number of hydrogen-bond acceptors (Lipinski definition) is 2. The van der Waals surface area contributed by atoms with Crippen LogP contribution in [-0.2, 0) is 15.0 Å². The summed E-state index contributed by atoms with van der Waals surface area (Å²) in [5.41, 5.74) is 2.08. The number of hydrogen-bond donors (Lipinski definition) is 0. The second kappa shape index (κ2) is 7.19. The summed E-state index contributed by atoms with van der Waals surface area (Å²) < 4.78 is 0. The van der Waals surface area contributed by atoms with Gasteiger partial charge in [-0.15, -0.1) is 0 Å². The van der Waals surface area contributed by atoms with Gasteiger partial charge in [0.15, 0.2) is 0 Å². The third kappa shape index (κ3) is 3.88. The van der Waals surface area contributed by atoms with Crippen molar-refractivity contribution in [1.82, 2.24) is 4.90 Å². The van der Waals surface area contributed by atoms with Gasteiger partial charge in [-0.3, -0.25) is 9.59 Å². The minimum Gasteiger partial charge on any atom is -0.342 e. The van der Waals surface area contributed by atoms with Crippen molar-refractivity contribution in [1.29, 1.82) is 0 Å². The van der Waals surface area contributed by atoms with Crippen LogP contribution in [0.25, 0.3) is 0 Å². The lowest BCUT2D eigenvalue weighted by molar-refractivity contribution is -0.135. The first-order valence-electron chi connectivity index (χ1n) is 9.56. The fourth-order valence-electron chi connectivity index (χ4n) is 4.00. The van der Waals surface area contributed by atoms with Crippen molar-refractivity contribution in [3.8, 4) is 0 Å². The molecule has 4 heteroatoms. The van der Waals surface area contributed by atoms with E-state index >= 15 is 0 Å². The number of carbonyl (C=O) groups is 2. The molecule has 2 aliphatic rings. The highest BCUT2D eigenvalue weighted by molar-refractivity contribution is 6.01. The first-order chi connectivity index (χ1) is 11.9. The zero-order valence-electron chi connectivity index (χ0n) is 15.8. The molecule has 2 saturated heterocycles. The van der Waals surface area contributed by atoms with Gasteiger partial charge in [0.2, 0.25) is 11.8 Å². The number of para-hydroxylation sites is 1. The average molecular weight is 342 g/mol. The number of rotatable bonds is 2. The van der Waals surface area contributed by atoms with E-state index in [-0.39, 0.29) is 23.1 Å². The Morgan fingerprint density at radius 2 is 1.68 bits per heavy atom. The second-order valence-corrected chi connectivity index (χ2v) is 8.41. The number of amides is 2. The normalized spacial score (nSPS) is 22.2. The molecule has 2 amide bonds. The topological polar surface area (TPSA) is 40.6 Å². The van der Waals surface area contributed by atoms with E-state index in [1.807, 2.05) is 28.0 Å². The molecule has 2 aliphatic heterocycles. The average Bonchev–Trinajstić information content (AvgIpc) is 2.79. The van der Waals surface area contributed by atoms with Gasteiger partial charge in [0.1, 0.15) is 0 Å². The molecular formula is C21H30N2O2. The van der Waals surface area contributed by atoms with E-state index in [0.29, 0.717) is 13.0 Å². The van der Waals surface area contributed by atoms with Crippen molar-refractivity contribution < 1.29 is 9.59 Å². The van der Waals surface area contributed by atoms with Gasteiger partial charge in [0.25, 0.3) is 0 Å². The Morgan fingerprint density at radius 1 is 1.04 bits per heavy atom. The molecule has 3 rings (SSSR count). The summed E-state index contributed by atoms with van der Waals surface area (Å²) in [6.07, 6.45) is 4.93. The van der Waals surface area contributed by atoms with Gasteiger partial charge in [0, 0.05) is 31.7 Å². The van der Waals surface area contributed by atoms with Crippen LogP contribution in [0.3, 0.4) is 0 Å². The maximum Gasteiger partial charge on any atom is 0.228 e. The molecule has 0 aliphatic carbocycles. The molecule has 1 atom stereocenters.